The minimum Gasteiger partial charge on any atom is -0.504 e. The molecule has 0 saturated carbocycles. The Morgan fingerprint density at radius 1 is 0.378 bits per heavy atom. The molecule has 0 saturated heterocycles. The summed E-state index contributed by atoms with van der Waals surface area (Å²) in [6.07, 6.45) is 0. The summed E-state index contributed by atoms with van der Waals surface area (Å²) in [4.78, 5) is 0. The van der Waals surface area contributed by atoms with Crippen LogP contribution in [0.2, 0.25) is 0 Å². The van der Waals surface area contributed by atoms with Crippen LogP contribution in [0.5, 0.6) is 51.7 Å². The van der Waals surface area contributed by atoms with Crippen LogP contribution in [-0.4, -0.2) is 76.4 Å². The van der Waals surface area contributed by atoms with E-state index in [1.54, 1.807) is 0 Å². The molecule has 0 unspecified atom stereocenters. The fourth-order valence-corrected chi connectivity index (χ4v) is 2.54. The maximum absolute atomic E-state index is 8.95. The minimum absolute atomic E-state index is 0. The van der Waals surface area contributed by atoms with Crippen molar-refractivity contribution in [3.63, 3.8) is 0 Å². The summed E-state index contributed by atoms with van der Waals surface area (Å²) in [6.45, 7) is 0. The number of rotatable bonds is 3. The van der Waals surface area contributed by atoms with Crippen LogP contribution >= 0.6 is 36.7 Å². The van der Waals surface area contributed by atoms with E-state index in [1.807, 2.05) is 0 Å². The molecule has 203 valence electrons. The van der Waals surface area contributed by atoms with Crippen LogP contribution in [0.1, 0.15) is 16.7 Å². The summed E-state index contributed by atoms with van der Waals surface area (Å²) >= 11 is 13.1. The van der Waals surface area contributed by atoms with Crippen molar-refractivity contribution < 1.29 is 99.0 Å². The van der Waals surface area contributed by atoms with Gasteiger partial charge in [-0.2, -0.15) is 0 Å². The Morgan fingerprint density at radius 2 is 0.514 bits per heavy atom. The molecule has 1 radical (unpaired) electrons. The standard InChI is InChI=1S/3C7H6O4S.Ho/c3*8-4-1-3(7(11)12)2-5(9)6(4)10;/h3*1-2,8-10H,(H,11,12);. The van der Waals surface area contributed by atoms with Crippen molar-refractivity contribution in [1.29, 1.82) is 0 Å². The van der Waals surface area contributed by atoms with Crippen molar-refractivity contribution >= 4 is 51.8 Å². The summed E-state index contributed by atoms with van der Waals surface area (Å²) in [7, 11) is 0. The fourth-order valence-electron chi connectivity index (χ4n) is 2.18. The molecule has 0 heterocycles. The molecule has 0 amide bonds. The summed E-state index contributed by atoms with van der Waals surface area (Å²) in [5.74, 6) is -5.05. The number of aliphatic hydroxyl groups excluding tert-OH is 3. The molecule has 0 spiro atoms. The first-order chi connectivity index (χ1) is 16.6. The second-order valence-corrected chi connectivity index (χ2v) is 7.66. The van der Waals surface area contributed by atoms with Gasteiger partial charge >= 0.3 is 0 Å². The first-order valence-electron chi connectivity index (χ1n) is 9.01. The number of phenols is 9. The van der Waals surface area contributed by atoms with Crippen molar-refractivity contribution in [3.05, 3.63) is 53.1 Å². The number of aromatic hydroxyl groups is 9. The molecule has 0 bridgehead atoms. The van der Waals surface area contributed by atoms with Gasteiger partial charge in [0.2, 0.25) is 0 Å². The Labute approximate surface area is 253 Å². The predicted octanol–water partition coefficient (Wildman–Crippen LogP) is 3.11. The van der Waals surface area contributed by atoms with Gasteiger partial charge in [-0.1, -0.05) is 0 Å². The molecule has 0 aliphatic rings. The van der Waals surface area contributed by atoms with E-state index in [4.69, 9.17) is 61.3 Å². The van der Waals surface area contributed by atoms with E-state index in [0.717, 1.165) is 36.4 Å². The first kappa shape index (κ1) is 33.8. The fraction of sp³-hybridized carbons (Fsp3) is 0. The van der Waals surface area contributed by atoms with Crippen molar-refractivity contribution in [1.82, 2.24) is 0 Å². The van der Waals surface area contributed by atoms with E-state index in [1.165, 1.54) is 0 Å². The van der Waals surface area contributed by atoms with Gasteiger partial charge in [0, 0.05) is 54.4 Å². The second kappa shape index (κ2) is 14.5. The number of benzene rings is 3. The molecule has 3 rings (SSSR count). The van der Waals surface area contributed by atoms with Gasteiger partial charge in [-0.05, 0) is 73.1 Å². The number of thiocarbonyl (C=S) groups is 3. The zero-order valence-electron chi connectivity index (χ0n) is 17.9. The molecule has 37 heavy (non-hydrogen) atoms. The third kappa shape index (κ3) is 9.64. The monoisotopic (exact) mass is 723 g/mol. The minimum atomic E-state index is -0.630. The molecule has 16 heteroatoms. The molecule has 3 aromatic carbocycles. The number of aliphatic hydroxyl groups is 3. The van der Waals surface area contributed by atoms with E-state index in [-0.39, 0.29) is 54.4 Å². The zero-order valence-corrected chi connectivity index (χ0v) is 22.2. The Morgan fingerprint density at radius 3 is 0.622 bits per heavy atom. The Balaban J connectivity index is 0.000000518. The summed E-state index contributed by atoms with van der Waals surface area (Å²) in [6, 6.07) is 6.32. The molecule has 0 aromatic heterocycles. The van der Waals surface area contributed by atoms with E-state index < -0.39 is 66.9 Å². The van der Waals surface area contributed by atoms with Gasteiger partial charge in [-0.15, -0.1) is 0 Å². The van der Waals surface area contributed by atoms with Gasteiger partial charge in [-0.3, -0.25) is 0 Å². The Bertz CT molecular complexity index is 1100. The quantitative estimate of drug-likeness (QED) is 0.106. The van der Waals surface area contributed by atoms with Gasteiger partial charge in [0.1, 0.15) is 0 Å². The van der Waals surface area contributed by atoms with Crippen LogP contribution in [0.4, 0.5) is 0 Å². The number of hydrogen-bond acceptors (Lipinski definition) is 12. The Kier molecular flexibility index (Phi) is 13.3. The zero-order chi connectivity index (χ0) is 27.9. The van der Waals surface area contributed by atoms with E-state index in [2.05, 4.69) is 36.7 Å². The third-order valence-corrected chi connectivity index (χ3v) is 4.66. The van der Waals surface area contributed by atoms with Crippen LogP contribution in [0.15, 0.2) is 36.4 Å². The average molecular weight is 723 g/mol. The van der Waals surface area contributed by atoms with E-state index >= 15 is 0 Å². The SMILES string of the molecule is OC(=S)c1cc(O)c(O)c(O)c1.OC(=S)c1cc(O)c(O)c(O)c1.OC(=S)c1cc(O)c(O)c(O)c1.[Ho]. The molecular weight excluding hydrogens is 705 g/mol. The smallest absolute Gasteiger partial charge is 0.200 e. The Hall–Kier alpha value is -3.21. The van der Waals surface area contributed by atoms with Crippen molar-refractivity contribution in [3.8, 4) is 51.7 Å². The largest absolute Gasteiger partial charge is 0.504 e. The molecule has 3 aromatic rings. The van der Waals surface area contributed by atoms with Gasteiger partial charge in [0.05, 0.1) is 0 Å². The topological polar surface area (TPSA) is 243 Å². The van der Waals surface area contributed by atoms with Gasteiger partial charge in [-0.25, -0.2) is 0 Å². The van der Waals surface area contributed by atoms with Crippen molar-refractivity contribution in [2.24, 2.45) is 0 Å². The number of phenolic OH excluding ortho intramolecular Hbond substituents is 9. The van der Waals surface area contributed by atoms with Crippen molar-refractivity contribution in [2.45, 2.75) is 0 Å². The summed E-state index contributed by atoms with van der Waals surface area (Å²) < 4.78 is 0. The maximum atomic E-state index is 8.95. The second-order valence-electron chi connectivity index (χ2n) is 6.50. The number of hydrogen-bond donors (Lipinski definition) is 12. The molecule has 0 aliphatic carbocycles. The molecule has 0 fully saturated rings. The van der Waals surface area contributed by atoms with Crippen LogP contribution in [-0.2, 0) is 0 Å². The molecule has 0 aliphatic heterocycles. The molecule has 12 N–H and O–H groups in total. The third-order valence-electron chi connectivity index (χ3n) is 3.95. The first-order valence-corrected chi connectivity index (χ1v) is 10.2. The summed E-state index contributed by atoms with van der Waals surface area (Å²) in [5, 5.41) is 105. The van der Waals surface area contributed by atoms with Crippen LogP contribution in [0.25, 0.3) is 0 Å². The summed E-state index contributed by atoms with van der Waals surface area (Å²) in [5.41, 5.74) is 0.244. The maximum Gasteiger partial charge on any atom is 0.200 e. The van der Waals surface area contributed by atoms with Gasteiger partial charge < -0.3 is 61.3 Å². The van der Waals surface area contributed by atoms with Crippen LogP contribution in [0, 0.1) is 37.7 Å². The molecule has 12 nitrogen and oxygen atoms in total. The van der Waals surface area contributed by atoms with Crippen molar-refractivity contribution in [2.75, 3.05) is 0 Å². The van der Waals surface area contributed by atoms with Crippen LogP contribution < -0.4 is 0 Å². The van der Waals surface area contributed by atoms with E-state index in [9.17, 15) is 0 Å². The van der Waals surface area contributed by atoms with E-state index in [0.29, 0.717) is 0 Å². The van der Waals surface area contributed by atoms with Crippen LogP contribution in [0.3, 0.4) is 0 Å². The molecular formula is C21H18HoO12S3. The average Bonchev–Trinajstić information content (AvgIpc) is 2.79. The predicted molar refractivity (Wildman–Crippen MR) is 137 cm³/mol. The van der Waals surface area contributed by atoms with Gasteiger partial charge in [0.25, 0.3) is 0 Å². The van der Waals surface area contributed by atoms with Gasteiger partial charge in [0.15, 0.2) is 66.9 Å². The molecule has 0 atom stereocenters. The normalized spacial score (nSPS) is 9.41.